The number of anilines is 1. The maximum atomic E-state index is 11.5. The Kier molecular flexibility index (Phi) is 4.81. The van der Waals surface area contributed by atoms with Crippen molar-refractivity contribution < 1.29 is 9.90 Å². The van der Waals surface area contributed by atoms with Gasteiger partial charge in [0, 0.05) is 29.8 Å². The molecule has 0 spiro atoms. The summed E-state index contributed by atoms with van der Waals surface area (Å²) in [6.45, 7) is 0. The summed E-state index contributed by atoms with van der Waals surface area (Å²) in [6, 6.07) is 12.0. The number of nitriles is 1. The summed E-state index contributed by atoms with van der Waals surface area (Å²) in [7, 11) is 0. The minimum Gasteiger partial charge on any atom is -0.480 e. The Labute approximate surface area is 144 Å². The van der Waals surface area contributed by atoms with Crippen LogP contribution in [0.5, 0.6) is 0 Å². The first-order valence-electron chi connectivity index (χ1n) is 7.72. The van der Waals surface area contributed by atoms with Crippen molar-refractivity contribution in [3.63, 3.8) is 0 Å². The van der Waals surface area contributed by atoms with Crippen molar-refractivity contribution in [2.45, 2.75) is 18.9 Å². The zero-order valence-corrected chi connectivity index (χ0v) is 13.3. The van der Waals surface area contributed by atoms with E-state index in [1.807, 2.05) is 30.3 Å². The number of hydrogen-bond acceptors (Lipinski definition) is 6. The molecule has 2 N–H and O–H groups in total. The Morgan fingerprint density at radius 3 is 2.68 bits per heavy atom. The molecule has 2 aromatic heterocycles. The summed E-state index contributed by atoms with van der Waals surface area (Å²) in [4.78, 5) is 24.5. The van der Waals surface area contributed by atoms with Gasteiger partial charge in [-0.3, -0.25) is 4.98 Å². The van der Waals surface area contributed by atoms with Crippen LogP contribution in [0.3, 0.4) is 0 Å². The molecular weight excluding hydrogens is 318 g/mol. The van der Waals surface area contributed by atoms with Crippen molar-refractivity contribution in [1.29, 1.82) is 5.26 Å². The lowest BCUT2D eigenvalue weighted by Crippen LogP contribution is -2.29. The van der Waals surface area contributed by atoms with E-state index in [1.54, 1.807) is 24.5 Å². The van der Waals surface area contributed by atoms with Crippen molar-refractivity contribution >= 4 is 22.7 Å². The summed E-state index contributed by atoms with van der Waals surface area (Å²) >= 11 is 0. The Morgan fingerprint density at radius 1 is 1.20 bits per heavy atom. The minimum absolute atomic E-state index is 0.143. The standard InChI is InChI=1S/C18H15N5O2/c19-9-3-6-15(18(24)25)22-17-13-4-1-2-5-14(13)21-16(23-17)12-7-10-20-11-8-12/h1-2,4-5,7-8,10-11,15H,3,6H2,(H,24,25)(H,21,22,23). The molecule has 0 saturated heterocycles. The Bertz CT molecular complexity index is 937. The number of fused-ring (bicyclic) bond motifs is 1. The van der Waals surface area contributed by atoms with Gasteiger partial charge >= 0.3 is 5.97 Å². The highest BCUT2D eigenvalue weighted by Crippen LogP contribution is 2.25. The topological polar surface area (TPSA) is 112 Å². The van der Waals surface area contributed by atoms with Gasteiger partial charge in [0.15, 0.2) is 5.82 Å². The van der Waals surface area contributed by atoms with Crippen LogP contribution in [0.15, 0.2) is 48.8 Å². The van der Waals surface area contributed by atoms with Crippen molar-refractivity contribution in [1.82, 2.24) is 15.0 Å². The number of rotatable bonds is 6. The number of carboxylic acids is 1. The van der Waals surface area contributed by atoms with Crippen molar-refractivity contribution in [3.8, 4) is 17.5 Å². The quantitative estimate of drug-likeness (QED) is 0.713. The minimum atomic E-state index is -1.02. The molecule has 0 fully saturated rings. The number of carbonyl (C=O) groups is 1. The Hall–Kier alpha value is -3.53. The molecule has 0 amide bonds. The van der Waals surface area contributed by atoms with Gasteiger partial charge in [0.1, 0.15) is 11.9 Å². The van der Waals surface area contributed by atoms with E-state index in [1.165, 1.54) is 0 Å². The van der Waals surface area contributed by atoms with Crippen LogP contribution >= 0.6 is 0 Å². The molecular formula is C18H15N5O2. The van der Waals surface area contributed by atoms with Gasteiger partial charge in [-0.15, -0.1) is 0 Å². The van der Waals surface area contributed by atoms with Crippen LogP contribution in [0, 0.1) is 11.3 Å². The molecule has 1 atom stereocenters. The fourth-order valence-corrected chi connectivity index (χ4v) is 2.45. The van der Waals surface area contributed by atoms with Gasteiger partial charge in [0.2, 0.25) is 0 Å². The number of nitrogens with zero attached hydrogens (tertiary/aromatic N) is 4. The normalized spacial score (nSPS) is 11.6. The maximum absolute atomic E-state index is 11.5. The van der Waals surface area contributed by atoms with E-state index in [9.17, 15) is 9.90 Å². The molecule has 3 aromatic rings. The first kappa shape index (κ1) is 16.3. The molecule has 1 unspecified atom stereocenters. The van der Waals surface area contributed by atoms with E-state index in [0.717, 1.165) is 10.9 Å². The van der Waals surface area contributed by atoms with Gasteiger partial charge in [0.25, 0.3) is 0 Å². The third-order valence-corrected chi connectivity index (χ3v) is 3.70. The fraction of sp³-hybridized carbons (Fsp3) is 0.167. The molecule has 0 saturated carbocycles. The SMILES string of the molecule is N#CCCC(Nc1nc(-c2ccncc2)nc2ccccc12)C(=O)O. The fourth-order valence-electron chi connectivity index (χ4n) is 2.45. The highest BCUT2D eigenvalue weighted by molar-refractivity contribution is 5.92. The predicted octanol–water partition coefficient (Wildman–Crippen LogP) is 2.86. The average molecular weight is 333 g/mol. The molecule has 0 aliphatic heterocycles. The van der Waals surface area contributed by atoms with Gasteiger partial charge in [-0.1, -0.05) is 12.1 Å². The zero-order chi connectivity index (χ0) is 17.6. The molecule has 0 aliphatic carbocycles. The third-order valence-electron chi connectivity index (χ3n) is 3.70. The Balaban J connectivity index is 2.06. The lowest BCUT2D eigenvalue weighted by molar-refractivity contribution is -0.138. The van der Waals surface area contributed by atoms with E-state index in [-0.39, 0.29) is 12.8 Å². The van der Waals surface area contributed by atoms with Crippen LogP contribution in [-0.2, 0) is 4.79 Å². The summed E-state index contributed by atoms with van der Waals surface area (Å²) in [5, 5.41) is 21.8. The van der Waals surface area contributed by atoms with Gasteiger partial charge in [-0.05, 0) is 30.7 Å². The van der Waals surface area contributed by atoms with E-state index < -0.39 is 12.0 Å². The van der Waals surface area contributed by atoms with Gasteiger partial charge in [-0.2, -0.15) is 5.26 Å². The zero-order valence-electron chi connectivity index (χ0n) is 13.3. The second kappa shape index (κ2) is 7.36. The van der Waals surface area contributed by atoms with Gasteiger partial charge < -0.3 is 10.4 Å². The molecule has 1 aromatic carbocycles. The number of pyridine rings is 1. The summed E-state index contributed by atoms with van der Waals surface area (Å²) in [5.74, 6) is -0.112. The van der Waals surface area contributed by atoms with Crippen molar-refractivity contribution in [2.75, 3.05) is 5.32 Å². The monoisotopic (exact) mass is 333 g/mol. The van der Waals surface area contributed by atoms with Crippen molar-refractivity contribution in [2.24, 2.45) is 0 Å². The predicted molar refractivity (Wildman–Crippen MR) is 92.7 cm³/mol. The van der Waals surface area contributed by atoms with E-state index in [2.05, 4.69) is 20.3 Å². The van der Waals surface area contributed by atoms with Gasteiger partial charge in [-0.25, -0.2) is 14.8 Å². The molecule has 25 heavy (non-hydrogen) atoms. The van der Waals surface area contributed by atoms with E-state index in [0.29, 0.717) is 17.2 Å². The molecule has 2 heterocycles. The lowest BCUT2D eigenvalue weighted by Gasteiger charge is -2.16. The molecule has 3 rings (SSSR count). The van der Waals surface area contributed by atoms with Crippen LogP contribution in [0.25, 0.3) is 22.3 Å². The summed E-state index contributed by atoms with van der Waals surface area (Å²) < 4.78 is 0. The van der Waals surface area contributed by atoms with Crippen LogP contribution < -0.4 is 5.32 Å². The number of hydrogen-bond donors (Lipinski definition) is 2. The lowest BCUT2D eigenvalue weighted by atomic mass is 10.1. The number of para-hydroxylation sites is 1. The molecule has 0 aliphatic rings. The number of carboxylic acid groups (broad SMARTS) is 1. The van der Waals surface area contributed by atoms with Crippen molar-refractivity contribution in [3.05, 3.63) is 48.8 Å². The van der Waals surface area contributed by atoms with Crippen LogP contribution in [0.2, 0.25) is 0 Å². The number of benzene rings is 1. The second-order valence-corrected chi connectivity index (χ2v) is 5.38. The molecule has 124 valence electrons. The smallest absolute Gasteiger partial charge is 0.326 e. The molecule has 7 heteroatoms. The highest BCUT2D eigenvalue weighted by atomic mass is 16.4. The van der Waals surface area contributed by atoms with E-state index in [4.69, 9.17) is 5.26 Å². The second-order valence-electron chi connectivity index (χ2n) is 5.38. The third kappa shape index (κ3) is 3.70. The number of aliphatic carboxylic acids is 1. The van der Waals surface area contributed by atoms with Crippen LogP contribution in [0.1, 0.15) is 12.8 Å². The summed E-state index contributed by atoms with van der Waals surface area (Å²) in [5.41, 5.74) is 1.49. The molecule has 0 bridgehead atoms. The maximum Gasteiger partial charge on any atom is 0.326 e. The highest BCUT2D eigenvalue weighted by Gasteiger charge is 2.19. The van der Waals surface area contributed by atoms with E-state index >= 15 is 0 Å². The number of nitrogens with one attached hydrogen (secondary N) is 1. The van der Waals surface area contributed by atoms with Crippen LogP contribution in [-0.4, -0.2) is 32.1 Å². The molecule has 7 nitrogen and oxygen atoms in total. The average Bonchev–Trinajstić information content (AvgIpc) is 2.65. The van der Waals surface area contributed by atoms with Crippen LogP contribution in [0.4, 0.5) is 5.82 Å². The number of aromatic nitrogens is 3. The Morgan fingerprint density at radius 2 is 1.96 bits per heavy atom. The molecule has 0 radical (unpaired) electrons. The largest absolute Gasteiger partial charge is 0.480 e. The first-order chi connectivity index (χ1) is 12.2. The summed E-state index contributed by atoms with van der Waals surface area (Å²) in [6.07, 6.45) is 3.63. The van der Waals surface area contributed by atoms with Gasteiger partial charge in [0.05, 0.1) is 11.6 Å². The first-order valence-corrected chi connectivity index (χ1v) is 7.72.